The van der Waals surface area contributed by atoms with Crippen LogP contribution in [0.1, 0.15) is 24.1 Å². The fraction of sp³-hybridized carbons (Fsp3) is 0.250. The van der Waals surface area contributed by atoms with Gasteiger partial charge in [-0.3, -0.25) is 0 Å². The van der Waals surface area contributed by atoms with Crippen molar-refractivity contribution in [1.29, 1.82) is 0 Å². The Balaban J connectivity index is 2.23. The lowest BCUT2D eigenvalue weighted by atomic mass is 9.99. The van der Waals surface area contributed by atoms with E-state index in [-0.39, 0.29) is 6.04 Å². The predicted octanol–water partition coefficient (Wildman–Crippen LogP) is 4.11. The van der Waals surface area contributed by atoms with Gasteiger partial charge in [0.15, 0.2) is 0 Å². The molecule has 1 unspecified atom stereocenters. The van der Waals surface area contributed by atoms with Crippen LogP contribution in [-0.2, 0) is 0 Å². The van der Waals surface area contributed by atoms with Crippen molar-refractivity contribution in [2.45, 2.75) is 17.9 Å². The molecule has 0 saturated carbocycles. The summed E-state index contributed by atoms with van der Waals surface area (Å²) in [4.78, 5) is 1.34. The molecule has 0 amide bonds. The predicted molar refractivity (Wildman–Crippen MR) is 80.2 cm³/mol. The maximum absolute atomic E-state index is 3.38. The summed E-state index contributed by atoms with van der Waals surface area (Å²) >= 11 is 1.88. The van der Waals surface area contributed by atoms with Gasteiger partial charge in [-0.2, -0.15) is 0 Å². The average molecular weight is 257 g/mol. The Kier molecular flexibility index (Phi) is 4.85. The van der Waals surface area contributed by atoms with E-state index in [1.807, 2.05) is 18.8 Å². The van der Waals surface area contributed by atoms with Crippen LogP contribution in [0.15, 0.2) is 59.5 Å². The quantitative estimate of drug-likeness (QED) is 0.809. The molecule has 0 aliphatic rings. The molecule has 0 spiro atoms. The number of benzene rings is 2. The molecule has 0 saturated heterocycles. The zero-order chi connectivity index (χ0) is 12.8. The lowest BCUT2D eigenvalue weighted by Gasteiger charge is -2.17. The van der Waals surface area contributed by atoms with Crippen molar-refractivity contribution in [1.82, 2.24) is 5.32 Å². The minimum atomic E-state index is 0.270. The van der Waals surface area contributed by atoms with Gasteiger partial charge in [-0.15, -0.1) is 11.8 Å². The molecule has 0 aromatic heterocycles. The van der Waals surface area contributed by atoms with Crippen LogP contribution in [0, 0.1) is 0 Å². The van der Waals surface area contributed by atoms with E-state index >= 15 is 0 Å². The molecule has 18 heavy (non-hydrogen) atoms. The van der Waals surface area contributed by atoms with Crippen molar-refractivity contribution in [2.24, 2.45) is 0 Å². The van der Waals surface area contributed by atoms with E-state index < -0.39 is 0 Å². The molecular formula is C16H19NS. The number of hydrogen-bond donors (Lipinski definition) is 1. The summed E-state index contributed by atoms with van der Waals surface area (Å²) in [6, 6.07) is 19.7. The Morgan fingerprint density at radius 1 is 0.944 bits per heavy atom. The summed E-state index contributed by atoms with van der Waals surface area (Å²) < 4.78 is 0. The largest absolute Gasteiger partial charge is 0.309 e. The van der Waals surface area contributed by atoms with E-state index in [9.17, 15) is 0 Å². The van der Waals surface area contributed by atoms with Gasteiger partial charge in [-0.25, -0.2) is 0 Å². The second kappa shape index (κ2) is 6.62. The molecule has 0 radical (unpaired) electrons. The topological polar surface area (TPSA) is 12.0 Å². The van der Waals surface area contributed by atoms with Crippen molar-refractivity contribution in [3.63, 3.8) is 0 Å². The lowest BCUT2D eigenvalue weighted by molar-refractivity contribution is 0.691. The third-order valence-electron chi connectivity index (χ3n) is 2.95. The van der Waals surface area contributed by atoms with Crippen LogP contribution in [0.4, 0.5) is 0 Å². The lowest BCUT2D eigenvalue weighted by Crippen LogP contribution is -2.17. The first-order valence-electron chi connectivity index (χ1n) is 6.30. The van der Waals surface area contributed by atoms with Crippen LogP contribution in [-0.4, -0.2) is 12.8 Å². The normalized spacial score (nSPS) is 12.3. The highest BCUT2D eigenvalue weighted by Crippen LogP contribution is 2.24. The van der Waals surface area contributed by atoms with Gasteiger partial charge in [0.25, 0.3) is 0 Å². The fourth-order valence-corrected chi connectivity index (χ4v) is 2.76. The molecule has 1 N–H and O–H groups in total. The smallest absolute Gasteiger partial charge is 0.0574 e. The molecule has 1 nitrogen and oxygen atoms in total. The minimum absolute atomic E-state index is 0.270. The van der Waals surface area contributed by atoms with Crippen molar-refractivity contribution < 1.29 is 0 Å². The number of hydrogen-bond acceptors (Lipinski definition) is 2. The van der Waals surface area contributed by atoms with E-state index in [2.05, 4.69) is 66.8 Å². The van der Waals surface area contributed by atoms with Crippen molar-refractivity contribution in [3.05, 3.63) is 65.7 Å². The second-order valence-corrected chi connectivity index (χ2v) is 5.47. The van der Waals surface area contributed by atoms with Gasteiger partial charge in [0.05, 0.1) is 6.04 Å². The fourth-order valence-electron chi connectivity index (χ4n) is 2.09. The molecule has 2 aromatic rings. The molecule has 0 heterocycles. The Labute approximate surface area is 114 Å². The van der Waals surface area contributed by atoms with Gasteiger partial charge in [0.2, 0.25) is 0 Å². The first-order chi connectivity index (χ1) is 8.85. The van der Waals surface area contributed by atoms with E-state index in [0.717, 1.165) is 5.75 Å². The van der Waals surface area contributed by atoms with Crippen LogP contribution in [0.5, 0.6) is 0 Å². The summed E-state index contributed by atoms with van der Waals surface area (Å²) in [6.45, 7) is 2.18. The van der Waals surface area contributed by atoms with Gasteiger partial charge in [0, 0.05) is 4.90 Å². The van der Waals surface area contributed by atoms with Crippen molar-refractivity contribution in [3.8, 4) is 0 Å². The van der Waals surface area contributed by atoms with Gasteiger partial charge >= 0.3 is 0 Å². The van der Waals surface area contributed by atoms with Gasteiger partial charge < -0.3 is 5.32 Å². The maximum Gasteiger partial charge on any atom is 0.0574 e. The third-order valence-corrected chi connectivity index (χ3v) is 3.84. The summed E-state index contributed by atoms with van der Waals surface area (Å²) in [5, 5.41) is 3.38. The highest BCUT2D eigenvalue weighted by molar-refractivity contribution is 7.99. The monoisotopic (exact) mass is 257 g/mol. The van der Waals surface area contributed by atoms with Gasteiger partial charge in [0.1, 0.15) is 0 Å². The molecule has 0 aliphatic carbocycles. The zero-order valence-corrected chi connectivity index (χ0v) is 11.7. The third kappa shape index (κ3) is 3.15. The molecule has 2 heteroatoms. The van der Waals surface area contributed by atoms with Crippen molar-refractivity contribution >= 4 is 11.8 Å². The van der Waals surface area contributed by atoms with Crippen LogP contribution in [0.2, 0.25) is 0 Å². The van der Waals surface area contributed by atoms with Crippen molar-refractivity contribution in [2.75, 3.05) is 12.8 Å². The van der Waals surface area contributed by atoms with E-state index in [4.69, 9.17) is 0 Å². The van der Waals surface area contributed by atoms with E-state index in [1.165, 1.54) is 16.0 Å². The molecule has 2 rings (SSSR count). The van der Waals surface area contributed by atoms with Crippen LogP contribution in [0.3, 0.4) is 0 Å². The van der Waals surface area contributed by atoms with Gasteiger partial charge in [-0.1, -0.05) is 49.4 Å². The number of rotatable bonds is 5. The Morgan fingerprint density at radius 3 is 2.11 bits per heavy atom. The first kappa shape index (κ1) is 13.2. The summed E-state index contributed by atoms with van der Waals surface area (Å²) in [5.74, 6) is 1.12. The average Bonchev–Trinajstić information content (AvgIpc) is 2.43. The standard InChI is InChI=1S/C16H19NS/c1-3-18-15-11-9-14(10-12-15)16(17-2)13-7-5-4-6-8-13/h4-12,16-17H,3H2,1-2H3. The summed E-state index contributed by atoms with van der Waals surface area (Å²) in [7, 11) is 2.01. The van der Waals surface area contributed by atoms with E-state index in [0.29, 0.717) is 0 Å². The molecule has 0 bridgehead atoms. The SMILES string of the molecule is CCSc1ccc(C(NC)c2ccccc2)cc1. The number of nitrogens with one attached hydrogen (secondary N) is 1. The highest BCUT2D eigenvalue weighted by Gasteiger charge is 2.10. The number of thioether (sulfide) groups is 1. The Bertz CT molecular complexity index is 464. The molecular weight excluding hydrogens is 238 g/mol. The second-order valence-electron chi connectivity index (χ2n) is 4.13. The maximum atomic E-state index is 3.38. The van der Waals surface area contributed by atoms with Crippen LogP contribution in [0.25, 0.3) is 0 Å². The Morgan fingerprint density at radius 2 is 1.56 bits per heavy atom. The minimum Gasteiger partial charge on any atom is -0.309 e. The summed E-state index contributed by atoms with van der Waals surface area (Å²) in [5.41, 5.74) is 2.61. The first-order valence-corrected chi connectivity index (χ1v) is 7.28. The molecule has 0 fully saturated rings. The Hall–Kier alpha value is -1.25. The van der Waals surface area contributed by atoms with Crippen LogP contribution >= 0.6 is 11.8 Å². The van der Waals surface area contributed by atoms with Crippen LogP contribution < -0.4 is 5.32 Å². The molecule has 1 atom stereocenters. The zero-order valence-electron chi connectivity index (χ0n) is 10.9. The molecule has 0 aliphatic heterocycles. The molecule has 2 aromatic carbocycles. The summed E-state index contributed by atoms with van der Waals surface area (Å²) in [6.07, 6.45) is 0. The van der Waals surface area contributed by atoms with Gasteiger partial charge in [-0.05, 0) is 36.1 Å². The van der Waals surface area contributed by atoms with E-state index in [1.54, 1.807) is 0 Å². The highest BCUT2D eigenvalue weighted by atomic mass is 32.2. The molecule has 94 valence electrons.